The van der Waals surface area contributed by atoms with E-state index in [1.807, 2.05) is 37.4 Å². The van der Waals surface area contributed by atoms with Crippen molar-refractivity contribution in [1.82, 2.24) is 4.90 Å². The van der Waals surface area contributed by atoms with Crippen LogP contribution in [-0.2, 0) is 4.79 Å². The maximum Gasteiger partial charge on any atom is 0.293 e. The predicted molar refractivity (Wildman–Crippen MR) is 97.2 cm³/mol. The number of rotatable bonds is 4. The molecule has 0 aliphatic carbocycles. The molecule has 2 aromatic rings. The van der Waals surface area contributed by atoms with Gasteiger partial charge in [-0.25, -0.2) is 0 Å². The molecule has 1 aliphatic heterocycles. The number of hydrogen-bond donors (Lipinski definition) is 0. The number of carbonyl (C=O) groups excluding carboxylic acids is 3. The smallest absolute Gasteiger partial charge is 0.292 e. The predicted octanol–water partition coefficient (Wildman–Crippen LogP) is 4.28. The van der Waals surface area contributed by atoms with Crippen molar-refractivity contribution in [1.29, 1.82) is 0 Å². The first-order valence-electron chi connectivity index (χ1n) is 7.35. The van der Waals surface area contributed by atoms with Gasteiger partial charge in [0.25, 0.3) is 11.1 Å². The van der Waals surface area contributed by atoms with E-state index in [1.54, 1.807) is 18.2 Å². The van der Waals surface area contributed by atoms with Crippen LogP contribution in [0.25, 0.3) is 6.08 Å². The number of nitrogens with zero attached hydrogens (tertiary/aromatic N) is 1. The van der Waals surface area contributed by atoms with Crippen LogP contribution in [0.3, 0.4) is 0 Å². The van der Waals surface area contributed by atoms with Gasteiger partial charge >= 0.3 is 0 Å². The van der Waals surface area contributed by atoms with E-state index in [0.717, 1.165) is 32.7 Å². The first-order chi connectivity index (χ1) is 11.5. The Hall–Kier alpha value is -2.18. The van der Waals surface area contributed by atoms with Crippen LogP contribution in [0, 0.1) is 13.8 Å². The summed E-state index contributed by atoms with van der Waals surface area (Å²) in [7, 11) is 0. The monoisotopic (exact) mass is 357 g/mol. The minimum atomic E-state index is -0.407. The third-order valence-corrected chi connectivity index (χ3v) is 5.55. The lowest BCUT2D eigenvalue weighted by molar-refractivity contribution is -0.122. The molecule has 4 nitrogen and oxygen atoms in total. The summed E-state index contributed by atoms with van der Waals surface area (Å²) < 4.78 is 0. The SMILES string of the molecule is Cc1ccc(C(=O)CN2C(=O)S/C(=C\c3cccs3)C2=O)cc1C. The Labute approximate surface area is 148 Å². The average Bonchev–Trinajstić information content (AvgIpc) is 3.14. The summed E-state index contributed by atoms with van der Waals surface area (Å²) in [5.41, 5.74) is 2.61. The lowest BCUT2D eigenvalue weighted by Crippen LogP contribution is -2.33. The van der Waals surface area contributed by atoms with Crippen LogP contribution >= 0.6 is 23.1 Å². The quantitative estimate of drug-likeness (QED) is 0.605. The van der Waals surface area contributed by atoms with Gasteiger partial charge in [-0.05, 0) is 60.3 Å². The fourth-order valence-corrected chi connectivity index (χ4v) is 3.85. The van der Waals surface area contributed by atoms with Crippen molar-refractivity contribution in [2.45, 2.75) is 13.8 Å². The van der Waals surface area contributed by atoms with E-state index in [0.29, 0.717) is 10.5 Å². The van der Waals surface area contributed by atoms with Gasteiger partial charge in [-0.2, -0.15) is 0 Å². The largest absolute Gasteiger partial charge is 0.293 e. The van der Waals surface area contributed by atoms with E-state index in [2.05, 4.69) is 0 Å². The van der Waals surface area contributed by atoms with E-state index in [1.165, 1.54) is 11.3 Å². The molecule has 24 heavy (non-hydrogen) atoms. The molecule has 0 bridgehead atoms. The second kappa shape index (κ2) is 6.75. The second-order valence-electron chi connectivity index (χ2n) is 5.51. The van der Waals surface area contributed by atoms with Crippen LogP contribution in [0.4, 0.5) is 4.79 Å². The summed E-state index contributed by atoms with van der Waals surface area (Å²) in [6.45, 7) is 3.67. The molecule has 0 atom stereocenters. The van der Waals surface area contributed by atoms with Crippen LogP contribution in [0.15, 0.2) is 40.6 Å². The molecular formula is C18H15NO3S2. The lowest BCUT2D eigenvalue weighted by atomic mass is 10.0. The van der Waals surface area contributed by atoms with Gasteiger partial charge in [-0.3, -0.25) is 19.3 Å². The fourth-order valence-electron chi connectivity index (χ4n) is 2.29. The van der Waals surface area contributed by atoms with Crippen molar-refractivity contribution in [3.05, 3.63) is 62.2 Å². The Kier molecular flexibility index (Phi) is 4.69. The molecule has 1 aromatic heterocycles. The topological polar surface area (TPSA) is 54.5 Å². The molecule has 0 saturated carbocycles. The number of ketones is 1. The van der Waals surface area contributed by atoms with Crippen molar-refractivity contribution >= 4 is 46.1 Å². The van der Waals surface area contributed by atoms with Crippen LogP contribution in [-0.4, -0.2) is 28.4 Å². The number of Topliss-reactive ketones (excluding diaryl/α,β-unsaturated/α-hetero) is 1. The van der Waals surface area contributed by atoms with Crippen molar-refractivity contribution in [3.63, 3.8) is 0 Å². The summed E-state index contributed by atoms with van der Waals surface area (Å²) in [6.07, 6.45) is 1.69. The third kappa shape index (κ3) is 3.34. The molecule has 1 saturated heterocycles. The Bertz CT molecular complexity index is 853. The van der Waals surface area contributed by atoms with Gasteiger partial charge in [-0.1, -0.05) is 18.2 Å². The highest BCUT2D eigenvalue weighted by Crippen LogP contribution is 2.33. The first kappa shape index (κ1) is 16.7. The summed E-state index contributed by atoms with van der Waals surface area (Å²) in [5.74, 6) is -0.645. The molecular weight excluding hydrogens is 342 g/mol. The van der Waals surface area contributed by atoms with Crippen molar-refractivity contribution in [3.8, 4) is 0 Å². The molecule has 0 radical (unpaired) electrons. The van der Waals surface area contributed by atoms with Gasteiger partial charge < -0.3 is 0 Å². The Balaban J connectivity index is 1.77. The Morgan fingerprint density at radius 2 is 1.96 bits per heavy atom. The molecule has 1 aromatic carbocycles. The van der Waals surface area contributed by atoms with E-state index in [-0.39, 0.29) is 12.3 Å². The van der Waals surface area contributed by atoms with Gasteiger partial charge in [0.05, 0.1) is 11.4 Å². The molecule has 6 heteroatoms. The molecule has 1 aliphatic rings. The highest BCUT2D eigenvalue weighted by atomic mass is 32.2. The Morgan fingerprint density at radius 3 is 2.62 bits per heavy atom. The van der Waals surface area contributed by atoms with E-state index < -0.39 is 11.1 Å². The van der Waals surface area contributed by atoms with Gasteiger partial charge in [0.2, 0.25) is 0 Å². The number of thiophene rings is 1. The van der Waals surface area contributed by atoms with Crippen molar-refractivity contribution in [2.24, 2.45) is 0 Å². The fraction of sp³-hybridized carbons (Fsp3) is 0.167. The zero-order chi connectivity index (χ0) is 17.3. The second-order valence-corrected chi connectivity index (χ2v) is 7.48. The Morgan fingerprint density at radius 1 is 1.17 bits per heavy atom. The van der Waals surface area contributed by atoms with Gasteiger partial charge in [0.1, 0.15) is 0 Å². The summed E-state index contributed by atoms with van der Waals surface area (Å²) >= 11 is 2.37. The third-order valence-electron chi connectivity index (χ3n) is 3.82. The van der Waals surface area contributed by atoms with Gasteiger partial charge in [-0.15, -0.1) is 11.3 Å². The highest BCUT2D eigenvalue weighted by molar-refractivity contribution is 8.18. The number of carbonyl (C=O) groups is 3. The number of aryl methyl sites for hydroxylation is 2. The minimum Gasteiger partial charge on any atom is -0.292 e. The van der Waals surface area contributed by atoms with Crippen molar-refractivity contribution < 1.29 is 14.4 Å². The molecule has 0 spiro atoms. The zero-order valence-corrected chi connectivity index (χ0v) is 14.9. The standard InChI is InChI=1S/C18H15NO3S2/c1-11-5-6-13(8-12(11)2)15(20)10-19-17(21)16(24-18(19)22)9-14-4-3-7-23-14/h3-9H,10H2,1-2H3/b16-9-. The molecule has 1 fully saturated rings. The minimum absolute atomic E-state index is 0.227. The van der Waals surface area contributed by atoms with Crippen LogP contribution in [0.2, 0.25) is 0 Å². The van der Waals surface area contributed by atoms with E-state index >= 15 is 0 Å². The highest BCUT2D eigenvalue weighted by Gasteiger charge is 2.36. The summed E-state index contributed by atoms with van der Waals surface area (Å²) in [4.78, 5) is 39.2. The van der Waals surface area contributed by atoms with Gasteiger partial charge in [0, 0.05) is 10.4 Å². The molecule has 0 unspecified atom stereocenters. The van der Waals surface area contributed by atoms with Crippen LogP contribution in [0.1, 0.15) is 26.4 Å². The average molecular weight is 357 g/mol. The van der Waals surface area contributed by atoms with Crippen LogP contribution < -0.4 is 0 Å². The maximum atomic E-state index is 12.4. The number of amides is 2. The number of imide groups is 1. The van der Waals surface area contributed by atoms with E-state index in [4.69, 9.17) is 0 Å². The van der Waals surface area contributed by atoms with Crippen molar-refractivity contribution in [2.75, 3.05) is 6.54 Å². The molecule has 3 rings (SSSR count). The normalized spacial score (nSPS) is 16.2. The molecule has 122 valence electrons. The number of thioether (sulfide) groups is 1. The lowest BCUT2D eigenvalue weighted by Gasteiger charge is -2.12. The van der Waals surface area contributed by atoms with E-state index in [9.17, 15) is 14.4 Å². The number of benzene rings is 1. The molecule has 0 N–H and O–H groups in total. The molecule has 2 amide bonds. The summed E-state index contributed by atoms with van der Waals surface area (Å²) in [5, 5.41) is 1.50. The first-order valence-corrected chi connectivity index (χ1v) is 9.04. The summed E-state index contributed by atoms with van der Waals surface area (Å²) in [6, 6.07) is 9.14. The maximum absolute atomic E-state index is 12.4. The van der Waals surface area contributed by atoms with Crippen LogP contribution in [0.5, 0.6) is 0 Å². The molecule has 2 heterocycles. The zero-order valence-electron chi connectivity index (χ0n) is 13.2. The number of hydrogen-bond acceptors (Lipinski definition) is 5. The van der Waals surface area contributed by atoms with Gasteiger partial charge in [0.15, 0.2) is 5.78 Å².